The minimum atomic E-state index is 0.299. The number of imidazole rings is 1. The Morgan fingerprint density at radius 3 is 2.42 bits per heavy atom. The van der Waals surface area contributed by atoms with E-state index in [1.807, 2.05) is 6.33 Å². The van der Waals surface area contributed by atoms with Crippen LogP contribution in [0.4, 0.5) is 0 Å². The third-order valence-electron chi connectivity index (χ3n) is 3.89. The van der Waals surface area contributed by atoms with Crippen molar-refractivity contribution in [3.05, 3.63) is 65.5 Å². The Labute approximate surface area is 113 Å². The van der Waals surface area contributed by atoms with Crippen LogP contribution in [0.25, 0.3) is 11.0 Å². The quantitative estimate of drug-likeness (QED) is 0.664. The number of rotatable bonds is 2. The Morgan fingerprint density at radius 1 is 1.00 bits per heavy atom. The molecular formula is C17H18N2. The fourth-order valence-corrected chi connectivity index (χ4v) is 2.48. The summed E-state index contributed by atoms with van der Waals surface area (Å²) in [6.07, 6.45) is 1.95. The monoisotopic (exact) mass is 250 g/mol. The maximum absolute atomic E-state index is 4.53. The van der Waals surface area contributed by atoms with Crippen LogP contribution in [-0.4, -0.2) is 9.55 Å². The summed E-state index contributed by atoms with van der Waals surface area (Å²) in [5.74, 6) is 0. The molecule has 19 heavy (non-hydrogen) atoms. The molecule has 3 rings (SSSR count). The van der Waals surface area contributed by atoms with Gasteiger partial charge in [0.2, 0.25) is 0 Å². The van der Waals surface area contributed by atoms with E-state index in [4.69, 9.17) is 0 Å². The second-order valence-corrected chi connectivity index (χ2v) is 5.16. The van der Waals surface area contributed by atoms with Crippen LogP contribution in [0.3, 0.4) is 0 Å². The predicted octanol–water partition coefficient (Wildman–Crippen LogP) is 4.26. The Bertz CT molecular complexity index is 711. The molecule has 0 N–H and O–H groups in total. The molecular weight excluding hydrogens is 232 g/mol. The average molecular weight is 250 g/mol. The van der Waals surface area contributed by atoms with E-state index in [2.05, 4.69) is 72.8 Å². The molecule has 1 atom stereocenters. The van der Waals surface area contributed by atoms with E-state index in [1.54, 1.807) is 0 Å². The smallest absolute Gasteiger partial charge is 0.0964 e. The zero-order valence-electron chi connectivity index (χ0n) is 11.6. The molecule has 2 aromatic carbocycles. The highest BCUT2D eigenvalue weighted by atomic mass is 15.1. The van der Waals surface area contributed by atoms with Crippen molar-refractivity contribution in [3.63, 3.8) is 0 Å². The first-order valence-electron chi connectivity index (χ1n) is 6.65. The van der Waals surface area contributed by atoms with Crippen LogP contribution in [0.15, 0.2) is 48.8 Å². The van der Waals surface area contributed by atoms with Crippen LogP contribution < -0.4 is 0 Å². The van der Waals surface area contributed by atoms with Crippen LogP contribution >= 0.6 is 0 Å². The Balaban J connectivity index is 2.13. The van der Waals surface area contributed by atoms with Crippen LogP contribution in [0, 0.1) is 13.8 Å². The van der Waals surface area contributed by atoms with Gasteiger partial charge in [-0.3, -0.25) is 0 Å². The van der Waals surface area contributed by atoms with Gasteiger partial charge in [-0.05, 0) is 49.6 Å². The van der Waals surface area contributed by atoms with Crippen LogP contribution in [-0.2, 0) is 0 Å². The molecule has 0 saturated heterocycles. The zero-order valence-corrected chi connectivity index (χ0v) is 11.6. The zero-order chi connectivity index (χ0) is 13.4. The van der Waals surface area contributed by atoms with Gasteiger partial charge >= 0.3 is 0 Å². The predicted molar refractivity (Wildman–Crippen MR) is 79.5 cm³/mol. The molecule has 3 aromatic rings. The van der Waals surface area contributed by atoms with E-state index < -0.39 is 0 Å². The van der Waals surface area contributed by atoms with Gasteiger partial charge in [-0.2, -0.15) is 0 Å². The van der Waals surface area contributed by atoms with Gasteiger partial charge in [0.05, 0.1) is 23.4 Å². The van der Waals surface area contributed by atoms with E-state index >= 15 is 0 Å². The third-order valence-corrected chi connectivity index (χ3v) is 3.89. The molecule has 0 aliphatic carbocycles. The summed E-state index contributed by atoms with van der Waals surface area (Å²) in [6, 6.07) is 15.2. The van der Waals surface area contributed by atoms with Gasteiger partial charge in [-0.1, -0.05) is 30.3 Å². The summed E-state index contributed by atoms with van der Waals surface area (Å²) in [5.41, 5.74) is 6.20. The topological polar surface area (TPSA) is 17.8 Å². The standard InChI is InChI=1S/C17H18N2/c1-12-9-16-17(10-13(12)2)19(11-18-16)14(3)15-7-5-4-6-8-15/h4-11,14H,1-3H3/t14-/m1/s1. The van der Waals surface area contributed by atoms with Gasteiger partial charge in [0.15, 0.2) is 0 Å². The van der Waals surface area contributed by atoms with Crippen molar-refractivity contribution in [1.82, 2.24) is 9.55 Å². The summed E-state index contributed by atoms with van der Waals surface area (Å²) < 4.78 is 2.25. The molecule has 0 unspecified atom stereocenters. The summed E-state index contributed by atoms with van der Waals surface area (Å²) in [6.45, 7) is 6.50. The molecule has 1 heterocycles. The minimum absolute atomic E-state index is 0.299. The molecule has 0 aliphatic rings. The van der Waals surface area contributed by atoms with Gasteiger partial charge in [0, 0.05) is 0 Å². The fraction of sp³-hybridized carbons (Fsp3) is 0.235. The highest BCUT2D eigenvalue weighted by Gasteiger charge is 2.11. The summed E-state index contributed by atoms with van der Waals surface area (Å²) >= 11 is 0. The van der Waals surface area contributed by atoms with E-state index in [9.17, 15) is 0 Å². The second kappa shape index (κ2) is 4.54. The summed E-state index contributed by atoms with van der Waals surface area (Å²) in [7, 11) is 0. The molecule has 0 bridgehead atoms. The molecule has 0 saturated carbocycles. The van der Waals surface area contributed by atoms with Gasteiger partial charge in [0.25, 0.3) is 0 Å². The SMILES string of the molecule is Cc1cc2ncn([C@H](C)c3ccccc3)c2cc1C. The number of hydrogen-bond acceptors (Lipinski definition) is 1. The first-order valence-corrected chi connectivity index (χ1v) is 6.65. The molecule has 0 amide bonds. The molecule has 2 heteroatoms. The van der Waals surface area contributed by atoms with Crippen molar-refractivity contribution in [1.29, 1.82) is 0 Å². The average Bonchev–Trinajstić information content (AvgIpc) is 2.82. The van der Waals surface area contributed by atoms with Crippen molar-refractivity contribution >= 4 is 11.0 Å². The number of hydrogen-bond donors (Lipinski definition) is 0. The second-order valence-electron chi connectivity index (χ2n) is 5.16. The highest BCUT2D eigenvalue weighted by molar-refractivity contribution is 5.77. The van der Waals surface area contributed by atoms with Crippen LogP contribution in [0.1, 0.15) is 29.7 Å². The van der Waals surface area contributed by atoms with Crippen LogP contribution in [0.5, 0.6) is 0 Å². The summed E-state index contributed by atoms with van der Waals surface area (Å²) in [5, 5.41) is 0. The fourth-order valence-electron chi connectivity index (χ4n) is 2.48. The van der Waals surface area contributed by atoms with Gasteiger partial charge in [0.1, 0.15) is 0 Å². The lowest BCUT2D eigenvalue weighted by Gasteiger charge is -2.15. The van der Waals surface area contributed by atoms with Crippen molar-refractivity contribution in [2.75, 3.05) is 0 Å². The lowest BCUT2D eigenvalue weighted by Crippen LogP contribution is -2.05. The highest BCUT2D eigenvalue weighted by Crippen LogP contribution is 2.25. The van der Waals surface area contributed by atoms with E-state index in [-0.39, 0.29) is 0 Å². The molecule has 96 valence electrons. The van der Waals surface area contributed by atoms with Gasteiger partial charge in [-0.25, -0.2) is 4.98 Å². The summed E-state index contributed by atoms with van der Waals surface area (Å²) in [4.78, 5) is 4.53. The van der Waals surface area contributed by atoms with E-state index in [0.29, 0.717) is 6.04 Å². The molecule has 2 nitrogen and oxygen atoms in total. The number of aryl methyl sites for hydroxylation is 2. The maximum Gasteiger partial charge on any atom is 0.0964 e. The lowest BCUT2D eigenvalue weighted by molar-refractivity contribution is 0.657. The molecule has 0 fully saturated rings. The Hall–Kier alpha value is -2.09. The lowest BCUT2D eigenvalue weighted by atomic mass is 10.1. The first-order chi connectivity index (χ1) is 9.16. The largest absolute Gasteiger partial charge is 0.323 e. The van der Waals surface area contributed by atoms with Crippen molar-refractivity contribution in [2.45, 2.75) is 26.8 Å². The third kappa shape index (κ3) is 2.03. The first kappa shape index (κ1) is 12.0. The molecule has 1 aromatic heterocycles. The molecule has 0 radical (unpaired) electrons. The van der Waals surface area contributed by atoms with Crippen molar-refractivity contribution < 1.29 is 0 Å². The number of aromatic nitrogens is 2. The van der Waals surface area contributed by atoms with Crippen molar-refractivity contribution in [3.8, 4) is 0 Å². The normalized spacial score (nSPS) is 12.8. The van der Waals surface area contributed by atoms with E-state index in [1.165, 1.54) is 22.2 Å². The minimum Gasteiger partial charge on any atom is -0.323 e. The molecule has 0 aliphatic heterocycles. The molecule has 0 spiro atoms. The number of nitrogens with zero attached hydrogens (tertiary/aromatic N) is 2. The maximum atomic E-state index is 4.53. The Morgan fingerprint density at radius 2 is 1.68 bits per heavy atom. The number of fused-ring (bicyclic) bond motifs is 1. The van der Waals surface area contributed by atoms with Gasteiger partial charge in [-0.15, -0.1) is 0 Å². The van der Waals surface area contributed by atoms with Crippen molar-refractivity contribution in [2.24, 2.45) is 0 Å². The van der Waals surface area contributed by atoms with Gasteiger partial charge < -0.3 is 4.57 Å². The van der Waals surface area contributed by atoms with Crippen LogP contribution in [0.2, 0.25) is 0 Å². The van der Waals surface area contributed by atoms with E-state index in [0.717, 1.165) is 5.52 Å². The number of benzene rings is 2. The Kier molecular flexibility index (Phi) is 2.86.